The van der Waals surface area contributed by atoms with E-state index >= 15 is 0 Å². The summed E-state index contributed by atoms with van der Waals surface area (Å²) in [5.41, 5.74) is 6.54. The highest BCUT2D eigenvalue weighted by atomic mass is 16.5. The van der Waals surface area contributed by atoms with Gasteiger partial charge in [0.15, 0.2) is 23.9 Å². The molecule has 2 N–H and O–H groups in total. The first kappa shape index (κ1) is 12.4. The number of benzene rings is 1. The number of rotatable bonds is 5. The molecule has 1 aromatic carbocycles. The smallest absolute Gasteiger partial charge is 0.264 e. The first-order chi connectivity index (χ1) is 8.72. The monoisotopic (exact) mass is 249 g/mol. The number of ether oxygens (including phenoxy) is 2. The molecule has 0 aliphatic heterocycles. The van der Waals surface area contributed by atoms with Crippen LogP contribution >= 0.6 is 0 Å². The van der Waals surface area contributed by atoms with Crippen LogP contribution in [0.4, 0.5) is 0 Å². The molecule has 0 bridgehead atoms. The second-order valence-corrected chi connectivity index (χ2v) is 3.71. The molecule has 0 aliphatic carbocycles. The molecule has 6 heteroatoms. The van der Waals surface area contributed by atoms with Gasteiger partial charge in [-0.3, -0.25) is 0 Å². The Bertz CT molecular complexity index is 525. The van der Waals surface area contributed by atoms with Crippen LogP contribution in [0.5, 0.6) is 11.5 Å². The lowest BCUT2D eigenvalue weighted by molar-refractivity contribution is 0.233. The summed E-state index contributed by atoms with van der Waals surface area (Å²) < 4.78 is 15.8. The Morgan fingerprint density at radius 3 is 2.78 bits per heavy atom. The molecule has 2 rings (SSSR count). The minimum atomic E-state index is 0.208. The predicted molar refractivity (Wildman–Crippen MR) is 64.3 cm³/mol. The molecular weight excluding hydrogens is 234 g/mol. The molecule has 0 spiro atoms. The molecular formula is C12H15N3O3. The lowest BCUT2D eigenvalue weighted by Gasteiger charge is -2.10. The van der Waals surface area contributed by atoms with Crippen LogP contribution in [-0.4, -0.2) is 17.3 Å². The molecule has 0 unspecified atom stereocenters. The Morgan fingerprint density at radius 1 is 1.33 bits per heavy atom. The van der Waals surface area contributed by atoms with Gasteiger partial charge in [0.1, 0.15) is 0 Å². The van der Waals surface area contributed by atoms with E-state index in [1.54, 1.807) is 14.0 Å². The van der Waals surface area contributed by atoms with Crippen molar-refractivity contribution in [1.29, 1.82) is 0 Å². The molecule has 18 heavy (non-hydrogen) atoms. The molecule has 0 saturated heterocycles. The van der Waals surface area contributed by atoms with Crippen LogP contribution in [0.1, 0.15) is 17.3 Å². The molecule has 96 valence electrons. The molecule has 0 radical (unpaired) electrons. The number of aromatic nitrogens is 2. The van der Waals surface area contributed by atoms with Crippen molar-refractivity contribution in [3.05, 3.63) is 35.5 Å². The van der Waals surface area contributed by atoms with Crippen molar-refractivity contribution in [3.63, 3.8) is 0 Å². The maximum Gasteiger partial charge on any atom is 0.264 e. The minimum Gasteiger partial charge on any atom is -0.493 e. The van der Waals surface area contributed by atoms with Gasteiger partial charge in [0.2, 0.25) is 0 Å². The zero-order valence-corrected chi connectivity index (χ0v) is 10.3. The van der Waals surface area contributed by atoms with E-state index in [1.165, 1.54) is 0 Å². The molecule has 0 saturated carbocycles. The summed E-state index contributed by atoms with van der Waals surface area (Å²) in [6.07, 6.45) is 0. The van der Waals surface area contributed by atoms with E-state index < -0.39 is 0 Å². The van der Waals surface area contributed by atoms with Crippen LogP contribution in [0.3, 0.4) is 0 Å². The summed E-state index contributed by atoms with van der Waals surface area (Å²) in [5.74, 6) is 2.26. The van der Waals surface area contributed by atoms with E-state index in [2.05, 4.69) is 10.1 Å². The number of aryl methyl sites for hydroxylation is 1. The molecule has 2 aromatic rings. The van der Waals surface area contributed by atoms with E-state index in [0.29, 0.717) is 29.8 Å². The molecule has 0 amide bonds. The summed E-state index contributed by atoms with van der Waals surface area (Å²) in [4.78, 5) is 4.05. The first-order valence-electron chi connectivity index (χ1n) is 5.52. The van der Waals surface area contributed by atoms with Gasteiger partial charge in [-0.05, 0) is 24.6 Å². The van der Waals surface area contributed by atoms with E-state index in [9.17, 15) is 0 Å². The third-order valence-electron chi connectivity index (χ3n) is 2.38. The number of nitrogens with two attached hydrogens (primary N) is 1. The van der Waals surface area contributed by atoms with Crippen LogP contribution in [0, 0.1) is 6.92 Å². The van der Waals surface area contributed by atoms with Gasteiger partial charge in [0.25, 0.3) is 5.89 Å². The maximum absolute atomic E-state index is 5.56. The largest absolute Gasteiger partial charge is 0.493 e. The van der Waals surface area contributed by atoms with Crippen molar-refractivity contribution in [2.45, 2.75) is 20.1 Å². The lowest BCUT2D eigenvalue weighted by Crippen LogP contribution is -2.01. The topological polar surface area (TPSA) is 83.4 Å². The Kier molecular flexibility index (Phi) is 3.78. The van der Waals surface area contributed by atoms with Gasteiger partial charge in [-0.1, -0.05) is 11.2 Å². The fourth-order valence-electron chi connectivity index (χ4n) is 1.50. The summed E-state index contributed by atoms with van der Waals surface area (Å²) in [6.45, 7) is 2.42. The average molecular weight is 249 g/mol. The highest BCUT2D eigenvalue weighted by molar-refractivity contribution is 5.42. The standard InChI is InChI=1S/C12H15N3O3/c1-8-14-12(18-15-8)7-17-10-4-3-9(6-13)5-11(10)16-2/h3-5H,6-7,13H2,1-2H3. The van der Waals surface area contributed by atoms with Crippen molar-refractivity contribution >= 4 is 0 Å². The Labute approximate surface area is 105 Å². The fraction of sp³-hybridized carbons (Fsp3) is 0.333. The molecule has 0 aliphatic rings. The van der Waals surface area contributed by atoms with E-state index in [4.69, 9.17) is 19.7 Å². The fourth-order valence-corrected chi connectivity index (χ4v) is 1.50. The number of hydrogen-bond acceptors (Lipinski definition) is 6. The average Bonchev–Trinajstić information content (AvgIpc) is 2.82. The van der Waals surface area contributed by atoms with Gasteiger partial charge in [-0.2, -0.15) is 4.98 Å². The lowest BCUT2D eigenvalue weighted by atomic mass is 10.2. The molecule has 0 atom stereocenters. The first-order valence-corrected chi connectivity index (χ1v) is 5.52. The highest BCUT2D eigenvalue weighted by Gasteiger charge is 2.08. The third kappa shape index (κ3) is 2.78. The normalized spacial score (nSPS) is 10.4. The quantitative estimate of drug-likeness (QED) is 0.862. The van der Waals surface area contributed by atoms with Gasteiger partial charge in [0.05, 0.1) is 7.11 Å². The Balaban J connectivity index is 2.08. The van der Waals surface area contributed by atoms with Crippen LogP contribution in [0.25, 0.3) is 0 Å². The summed E-state index contributed by atoms with van der Waals surface area (Å²) in [7, 11) is 1.58. The van der Waals surface area contributed by atoms with Crippen LogP contribution in [0.15, 0.2) is 22.7 Å². The minimum absolute atomic E-state index is 0.208. The van der Waals surface area contributed by atoms with E-state index in [0.717, 1.165) is 5.56 Å². The van der Waals surface area contributed by atoms with Crippen molar-refractivity contribution < 1.29 is 14.0 Å². The predicted octanol–water partition coefficient (Wildman–Crippen LogP) is 1.42. The Hall–Kier alpha value is -2.08. The van der Waals surface area contributed by atoms with Crippen LogP contribution in [0.2, 0.25) is 0 Å². The van der Waals surface area contributed by atoms with E-state index in [-0.39, 0.29) is 6.61 Å². The third-order valence-corrected chi connectivity index (χ3v) is 2.38. The van der Waals surface area contributed by atoms with Gasteiger partial charge in [0, 0.05) is 6.54 Å². The number of hydrogen-bond donors (Lipinski definition) is 1. The molecule has 0 fully saturated rings. The zero-order valence-electron chi connectivity index (χ0n) is 10.3. The molecule has 6 nitrogen and oxygen atoms in total. The van der Waals surface area contributed by atoms with Crippen molar-refractivity contribution in [1.82, 2.24) is 10.1 Å². The van der Waals surface area contributed by atoms with Crippen molar-refractivity contribution in [2.24, 2.45) is 5.73 Å². The summed E-state index contributed by atoms with van der Waals surface area (Å²) >= 11 is 0. The van der Waals surface area contributed by atoms with Crippen molar-refractivity contribution in [3.8, 4) is 11.5 Å². The van der Waals surface area contributed by atoms with Gasteiger partial charge >= 0.3 is 0 Å². The summed E-state index contributed by atoms with van der Waals surface area (Å²) in [6, 6.07) is 5.54. The van der Waals surface area contributed by atoms with Gasteiger partial charge in [-0.25, -0.2) is 0 Å². The molecule has 1 aromatic heterocycles. The SMILES string of the molecule is COc1cc(CN)ccc1OCc1nc(C)no1. The van der Waals surface area contributed by atoms with Crippen LogP contribution in [-0.2, 0) is 13.2 Å². The van der Waals surface area contributed by atoms with Crippen LogP contribution < -0.4 is 15.2 Å². The van der Waals surface area contributed by atoms with Crippen molar-refractivity contribution in [2.75, 3.05) is 7.11 Å². The number of nitrogens with zero attached hydrogens (tertiary/aromatic N) is 2. The maximum atomic E-state index is 5.56. The second kappa shape index (κ2) is 5.50. The Morgan fingerprint density at radius 2 is 2.17 bits per heavy atom. The zero-order chi connectivity index (χ0) is 13.0. The highest BCUT2D eigenvalue weighted by Crippen LogP contribution is 2.28. The molecule has 1 heterocycles. The second-order valence-electron chi connectivity index (χ2n) is 3.71. The summed E-state index contributed by atoms with van der Waals surface area (Å²) in [5, 5.41) is 3.68. The van der Waals surface area contributed by atoms with Gasteiger partial charge < -0.3 is 19.7 Å². The number of methoxy groups -OCH3 is 1. The van der Waals surface area contributed by atoms with Gasteiger partial charge in [-0.15, -0.1) is 0 Å². The van der Waals surface area contributed by atoms with E-state index in [1.807, 2.05) is 18.2 Å².